The minimum Gasteiger partial charge on any atom is -0.426 e. The highest BCUT2D eigenvalue weighted by atomic mass is 32.2. The lowest BCUT2D eigenvalue weighted by molar-refractivity contribution is -0.123. The number of hydrogen-bond acceptors (Lipinski definition) is 5. The van der Waals surface area contributed by atoms with Gasteiger partial charge in [-0.25, -0.2) is 8.42 Å². The fourth-order valence-electron chi connectivity index (χ4n) is 4.42. The van der Waals surface area contributed by atoms with Crippen LogP contribution in [0, 0.1) is 5.92 Å². The Bertz CT molecular complexity index is 1240. The van der Waals surface area contributed by atoms with Crippen LogP contribution in [0.4, 0.5) is 0 Å². The highest BCUT2D eigenvalue weighted by Gasteiger charge is 2.34. The lowest BCUT2D eigenvalue weighted by Crippen LogP contribution is -2.55. The minimum atomic E-state index is -4.06. The van der Waals surface area contributed by atoms with Crippen molar-refractivity contribution in [1.29, 1.82) is 0 Å². The van der Waals surface area contributed by atoms with E-state index < -0.39 is 35.0 Å². The third-order valence-corrected chi connectivity index (χ3v) is 8.10. The number of hydrogen-bond donors (Lipinski definition) is 4. The van der Waals surface area contributed by atoms with Gasteiger partial charge in [-0.15, -0.1) is 0 Å². The number of benzene rings is 2. The normalized spacial score (nSPS) is 16.1. The van der Waals surface area contributed by atoms with E-state index in [1.807, 2.05) is 48.0 Å². The highest BCUT2D eigenvalue weighted by molar-refractivity contribution is 7.89. The van der Waals surface area contributed by atoms with Gasteiger partial charge in [-0.1, -0.05) is 55.7 Å². The van der Waals surface area contributed by atoms with E-state index in [1.165, 1.54) is 6.07 Å². The molecule has 1 saturated carbocycles. The smallest absolute Gasteiger partial charge is 0.426 e. The van der Waals surface area contributed by atoms with Crippen LogP contribution in [0.3, 0.4) is 0 Å². The Labute approximate surface area is 200 Å². The van der Waals surface area contributed by atoms with Gasteiger partial charge in [-0.3, -0.25) is 4.79 Å². The third-order valence-electron chi connectivity index (χ3n) is 6.57. The molecule has 3 aromatic rings. The molecule has 1 aromatic heterocycles. The Morgan fingerprint density at radius 1 is 1.12 bits per heavy atom. The van der Waals surface area contributed by atoms with Crippen molar-refractivity contribution in [3.8, 4) is 0 Å². The molecule has 1 fully saturated rings. The van der Waals surface area contributed by atoms with Gasteiger partial charge in [0.2, 0.25) is 15.9 Å². The fourth-order valence-corrected chi connectivity index (χ4v) is 5.83. The number of carbonyl (C=O) groups is 1. The monoisotopic (exact) mass is 483 g/mol. The molecular formula is C24H30BN3O5S. The summed E-state index contributed by atoms with van der Waals surface area (Å²) in [4.78, 5) is 13.4. The van der Waals surface area contributed by atoms with Crippen LogP contribution in [-0.4, -0.2) is 48.0 Å². The van der Waals surface area contributed by atoms with E-state index in [1.54, 1.807) is 18.3 Å². The molecule has 1 amide bonds. The van der Waals surface area contributed by atoms with Gasteiger partial charge in [-0.05, 0) is 42.5 Å². The fraction of sp³-hybridized carbons (Fsp3) is 0.375. The number of amides is 1. The first-order valence-corrected chi connectivity index (χ1v) is 13.0. The predicted molar refractivity (Wildman–Crippen MR) is 131 cm³/mol. The van der Waals surface area contributed by atoms with Crippen molar-refractivity contribution in [2.45, 2.75) is 49.0 Å². The molecule has 1 heterocycles. The molecule has 1 aliphatic rings. The molecule has 0 aliphatic heterocycles. The lowest BCUT2D eigenvalue weighted by Gasteiger charge is -2.30. The first-order chi connectivity index (χ1) is 16.2. The van der Waals surface area contributed by atoms with E-state index in [0.717, 1.165) is 30.3 Å². The van der Waals surface area contributed by atoms with Crippen LogP contribution >= 0.6 is 0 Å². The van der Waals surface area contributed by atoms with Gasteiger partial charge >= 0.3 is 7.12 Å². The van der Waals surface area contributed by atoms with Crippen LogP contribution in [0.1, 0.15) is 31.2 Å². The summed E-state index contributed by atoms with van der Waals surface area (Å²) in [6.07, 6.45) is 5.41. The zero-order valence-electron chi connectivity index (χ0n) is 19.1. The number of sulfonamides is 1. The van der Waals surface area contributed by atoms with E-state index in [2.05, 4.69) is 10.0 Å². The standard InChI is InChI=1S/C24H30BN3O5S/c1-28-14-13-19-21(28)11-6-12-22(19)34(32,33)27-20(15-17-7-3-2-4-8-17)24(29)26-23(25(30)31)16-18-9-5-10-18/h2-4,6-8,11-14,18,20,23,27,30-31H,5,9-10,15-16H2,1H3,(H,26,29)/t20-,23-/m0/s1. The van der Waals surface area contributed by atoms with E-state index in [-0.39, 0.29) is 11.3 Å². The highest BCUT2D eigenvalue weighted by Crippen LogP contribution is 2.30. The maximum Gasteiger partial charge on any atom is 0.475 e. The Morgan fingerprint density at radius 2 is 1.85 bits per heavy atom. The van der Waals surface area contributed by atoms with Crippen LogP contribution in [0.25, 0.3) is 10.9 Å². The maximum absolute atomic E-state index is 13.4. The summed E-state index contributed by atoms with van der Waals surface area (Å²) < 4.78 is 31.2. The molecule has 4 N–H and O–H groups in total. The van der Waals surface area contributed by atoms with Crippen molar-refractivity contribution in [3.63, 3.8) is 0 Å². The van der Waals surface area contributed by atoms with E-state index in [0.29, 0.717) is 17.7 Å². The number of aromatic nitrogens is 1. The molecule has 0 saturated heterocycles. The zero-order valence-corrected chi connectivity index (χ0v) is 19.9. The molecule has 0 bridgehead atoms. The Morgan fingerprint density at radius 3 is 2.50 bits per heavy atom. The Balaban J connectivity index is 1.60. The summed E-state index contributed by atoms with van der Waals surface area (Å²) in [5.74, 6) is -1.13. The Kier molecular flexibility index (Phi) is 7.42. The number of rotatable bonds is 10. The van der Waals surface area contributed by atoms with Gasteiger partial charge < -0.3 is 19.9 Å². The van der Waals surface area contributed by atoms with E-state index in [9.17, 15) is 23.3 Å². The number of fused-ring (bicyclic) bond motifs is 1. The summed E-state index contributed by atoms with van der Waals surface area (Å²) >= 11 is 0. The second-order valence-corrected chi connectivity index (χ2v) is 10.7. The summed E-state index contributed by atoms with van der Waals surface area (Å²) in [7, 11) is -3.95. The van der Waals surface area contributed by atoms with Crippen molar-refractivity contribution < 1.29 is 23.3 Å². The number of nitrogens with zero attached hydrogens (tertiary/aromatic N) is 1. The second-order valence-electron chi connectivity index (χ2n) is 9.04. The number of aryl methyl sites for hydroxylation is 1. The molecule has 2 atom stereocenters. The quantitative estimate of drug-likeness (QED) is 0.328. The van der Waals surface area contributed by atoms with Crippen LogP contribution in [0.5, 0.6) is 0 Å². The van der Waals surface area contributed by atoms with Gasteiger partial charge in [-0.2, -0.15) is 4.72 Å². The summed E-state index contributed by atoms with van der Waals surface area (Å²) in [6.45, 7) is 0. The lowest BCUT2D eigenvalue weighted by atomic mass is 9.69. The number of nitrogens with one attached hydrogen (secondary N) is 2. The van der Waals surface area contributed by atoms with Crippen LogP contribution < -0.4 is 10.0 Å². The summed E-state index contributed by atoms with van der Waals surface area (Å²) in [6, 6.07) is 14.7. The van der Waals surface area contributed by atoms with Crippen molar-refractivity contribution in [3.05, 3.63) is 66.4 Å². The van der Waals surface area contributed by atoms with Crippen molar-refractivity contribution >= 4 is 34.0 Å². The molecule has 1 aliphatic carbocycles. The van der Waals surface area contributed by atoms with Gasteiger partial charge in [0.25, 0.3) is 0 Å². The molecule has 10 heteroatoms. The van der Waals surface area contributed by atoms with Crippen molar-refractivity contribution in [2.75, 3.05) is 0 Å². The molecule has 180 valence electrons. The zero-order chi connectivity index (χ0) is 24.3. The Hall–Kier alpha value is -2.66. The maximum atomic E-state index is 13.4. The van der Waals surface area contributed by atoms with Crippen molar-refractivity contribution in [2.24, 2.45) is 13.0 Å². The van der Waals surface area contributed by atoms with Gasteiger partial charge in [0.1, 0.15) is 6.04 Å². The summed E-state index contributed by atoms with van der Waals surface area (Å²) in [5, 5.41) is 22.9. The molecule has 0 radical (unpaired) electrons. The second kappa shape index (κ2) is 10.3. The first-order valence-electron chi connectivity index (χ1n) is 11.5. The van der Waals surface area contributed by atoms with Crippen LogP contribution in [-0.2, 0) is 28.3 Å². The topological polar surface area (TPSA) is 121 Å². The number of carbonyl (C=O) groups excluding carboxylic acids is 1. The van der Waals surface area contributed by atoms with Gasteiger partial charge in [0.15, 0.2) is 0 Å². The molecular weight excluding hydrogens is 453 g/mol. The van der Waals surface area contributed by atoms with Gasteiger partial charge in [0, 0.05) is 24.1 Å². The van der Waals surface area contributed by atoms with Crippen LogP contribution in [0.15, 0.2) is 65.7 Å². The molecule has 0 spiro atoms. The predicted octanol–water partition coefficient (Wildman–Crippen LogP) is 1.75. The summed E-state index contributed by atoms with van der Waals surface area (Å²) in [5.41, 5.74) is 1.54. The van der Waals surface area contributed by atoms with Crippen LogP contribution in [0.2, 0.25) is 0 Å². The van der Waals surface area contributed by atoms with E-state index in [4.69, 9.17) is 0 Å². The molecule has 0 unspecified atom stereocenters. The average Bonchev–Trinajstić information content (AvgIpc) is 3.16. The molecule has 2 aromatic carbocycles. The SMILES string of the molecule is Cn1ccc2c(S(=O)(=O)N[C@@H](Cc3ccccc3)C(=O)N[C@@H](CC3CCC3)B(O)O)cccc21. The first kappa shape index (κ1) is 24.5. The molecule has 4 rings (SSSR count). The van der Waals surface area contributed by atoms with Gasteiger partial charge in [0.05, 0.1) is 10.8 Å². The molecule has 8 nitrogen and oxygen atoms in total. The average molecular weight is 483 g/mol. The largest absolute Gasteiger partial charge is 0.475 e. The minimum absolute atomic E-state index is 0.0877. The van der Waals surface area contributed by atoms with Crippen molar-refractivity contribution in [1.82, 2.24) is 14.6 Å². The molecule has 34 heavy (non-hydrogen) atoms. The third kappa shape index (κ3) is 5.52. The van der Waals surface area contributed by atoms with E-state index >= 15 is 0 Å².